The Hall–Kier alpha value is -1.50. The van der Waals surface area contributed by atoms with E-state index in [-0.39, 0.29) is 29.5 Å². The number of carbonyl (C=O) groups is 1. The Bertz CT molecular complexity index is 467. The normalized spacial score (nSPS) is 10.4. The first-order chi connectivity index (χ1) is 10.1. The summed E-state index contributed by atoms with van der Waals surface area (Å²) in [6.07, 6.45) is 0. The molecule has 0 radical (unpaired) electrons. The lowest BCUT2D eigenvalue weighted by Gasteiger charge is -2.13. The largest absolute Gasteiger partial charge is 0.489 e. The molecule has 0 atom stereocenters. The summed E-state index contributed by atoms with van der Waals surface area (Å²) in [6.45, 7) is 3.56. The van der Waals surface area contributed by atoms with Gasteiger partial charge >= 0.3 is 5.97 Å². The van der Waals surface area contributed by atoms with Crippen LogP contribution in [0.15, 0.2) is 12.1 Å². The molecule has 2 N–H and O–H groups in total. The fourth-order valence-corrected chi connectivity index (χ4v) is 1.85. The number of ether oxygens (including phenoxy) is 4. The average Bonchev–Trinajstić information content (AvgIpc) is 2.44. The predicted octanol–water partition coefficient (Wildman–Crippen LogP) is 2.14. The van der Waals surface area contributed by atoms with Crippen molar-refractivity contribution < 1.29 is 23.7 Å². The van der Waals surface area contributed by atoms with Crippen LogP contribution in [0.5, 0.6) is 5.75 Å². The van der Waals surface area contributed by atoms with Crippen LogP contribution in [0, 0.1) is 0 Å². The number of methoxy groups -OCH3 is 1. The molecule has 21 heavy (non-hydrogen) atoms. The zero-order chi connectivity index (χ0) is 15.7. The maximum atomic E-state index is 11.9. The molecule has 1 rings (SSSR count). The lowest BCUT2D eigenvalue weighted by Crippen LogP contribution is -2.13. The van der Waals surface area contributed by atoms with E-state index in [1.807, 2.05) is 0 Å². The van der Waals surface area contributed by atoms with Gasteiger partial charge in [-0.05, 0) is 19.1 Å². The first-order valence-electron chi connectivity index (χ1n) is 6.55. The molecule has 7 heteroatoms. The molecular weight excluding hydrogens is 298 g/mol. The molecule has 1 aromatic carbocycles. The topological polar surface area (TPSA) is 80.0 Å². The van der Waals surface area contributed by atoms with Crippen molar-refractivity contribution in [1.82, 2.24) is 0 Å². The van der Waals surface area contributed by atoms with Gasteiger partial charge in [0.2, 0.25) is 0 Å². The zero-order valence-electron chi connectivity index (χ0n) is 12.2. The van der Waals surface area contributed by atoms with E-state index in [1.165, 1.54) is 12.1 Å². The Morgan fingerprint density at radius 2 is 1.95 bits per heavy atom. The van der Waals surface area contributed by atoms with Gasteiger partial charge < -0.3 is 24.7 Å². The summed E-state index contributed by atoms with van der Waals surface area (Å²) >= 11 is 6.07. The van der Waals surface area contributed by atoms with Crippen molar-refractivity contribution in [2.24, 2.45) is 0 Å². The highest BCUT2D eigenvalue weighted by Crippen LogP contribution is 2.32. The quantitative estimate of drug-likeness (QED) is 0.427. The highest BCUT2D eigenvalue weighted by atomic mass is 35.5. The van der Waals surface area contributed by atoms with E-state index in [0.717, 1.165) is 0 Å². The van der Waals surface area contributed by atoms with Gasteiger partial charge in [0, 0.05) is 12.8 Å². The lowest BCUT2D eigenvalue weighted by molar-refractivity contribution is 0.0493. The summed E-state index contributed by atoms with van der Waals surface area (Å²) in [5.41, 5.74) is 6.26. The molecule has 0 saturated heterocycles. The Balaban J connectivity index is 2.69. The van der Waals surface area contributed by atoms with Gasteiger partial charge in [0.1, 0.15) is 12.2 Å². The van der Waals surface area contributed by atoms with Gasteiger partial charge in [-0.15, -0.1) is 0 Å². The summed E-state index contributed by atoms with van der Waals surface area (Å²) in [5, 5.41) is 0.259. The third-order valence-electron chi connectivity index (χ3n) is 2.47. The Labute approximate surface area is 129 Å². The molecule has 0 aliphatic heterocycles. The zero-order valence-corrected chi connectivity index (χ0v) is 12.9. The van der Waals surface area contributed by atoms with E-state index in [9.17, 15) is 4.79 Å². The number of esters is 1. The number of nitrogens with two attached hydrogens (primary N) is 1. The van der Waals surface area contributed by atoms with E-state index >= 15 is 0 Å². The molecule has 0 heterocycles. The number of hydrogen-bond acceptors (Lipinski definition) is 6. The smallest absolute Gasteiger partial charge is 0.342 e. The van der Waals surface area contributed by atoms with E-state index in [2.05, 4.69) is 0 Å². The summed E-state index contributed by atoms with van der Waals surface area (Å²) in [7, 11) is 1.60. The third-order valence-corrected chi connectivity index (χ3v) is 2.75. The molecule has 118 valence electrons. The molecule has 0 amide bonds. The minimum absolute atomic E-state index is 0.207. The van der Waals surface area contributed by atoms with Crippen molar-refractivity contribution >= 4 is 23.3 Å². The van der Waals surface area contributed by atoms with E-state index in [0.29, 0.717) is 25.5 Å². The van der Waals surface area contributed by atoms with Crippen LogP contribution in [0.3, 0.4) is 0 Å². The minimum Gasteiger partial charge on any atom is -0.489 e. The SMILES string of the molecule is CCOC(=O)c1cc(N)cc(Cl)c1OCCOCCOC. The molecule has 0 fully saturated rings. The number of halogens is 1. The van der Waals surface area contributed by atoms with Crippen LogP contribution < -0.4 is 10.5 Å². The Morgan fingerprint density at radius 1 is 1.24 bits per heavy atom. The van der Waals surface area contributed by atoms with E-state index in [1.54, 1.807) is 14.0 Å². The van der Waals surface area contributed by atoms with Crippen molar-refractivity contribution in [2.75, 3.05) is 45.9 Å². The number of carbonyl (C=O) groups excluding carboxylic acids is 1. The molecule has 0 aliphatic carbocycles. The van der Waals surface area contributed by atoms with Gasteiger partial charge in [-0.2, -0.15) is 0 Å². The number of benzene rings is 1. The molecule has 0 bridgehead atoms. The van der Waals surface area contributed by atoms with Gasteiger partial charge in [0.05, 0.1) is 31.5 Å². The predicted molar refractivity (Wildman–Crippen MR) is 80.0 cm³/mol. The highest BCUT2D eigenvalue weighted by molar-refractivity contribution is 6.33. The van der Waals surface area contributed by atoms with Crippen LogP contribution in [0.25, 0.3) is 0 Å². The molecule has 0 aromatic heterocycles. The number of rotatable bonds is 9. The fourth-order valence-electron chi connectivity index (χ4n) is 1.57. The molecule has 1 aromatic rings. The molecule has 6 nitrogen and oxygen atoms in total. The number of hydrogen-bond donors (Lipinski definition) is 1. The summed E-state index contributed by atoms with van der Waals surface area (Å²) < 4.78 is 20.6. The van der Waals surface area contributed by atoms with Gasteiger partial charge in [-0.1, -0.05) is 11.6 Å². The maximum Gasteiger partial charge on any atom is 0.342 e. The average molecular weight is 318 g/mol. The fraction of sp³-hybridized carbons (Fsp3) is 0.500. The second kappa shape index (κ2) is 9.44. The van der Waals surface area contributed by atoms with Crippen LogP contribution >= 0.6 is 11.6 Å². The Morgan fingerprint density at radius 3 is 2.62 bits per heavy atom. The van der Waals surface area contributed by atoms with Crippen LogP contribution in [-0.2, 0) is 14.2 Å². The standard InChI is InChI=1S/C14H20ClNO5/c1-3-20-14(17)11-8-10(16)9-12(15)13(11)21-7-6-19-5-4-18-2/h8-9H,3-7,16H2,1-2H3. The van der Waals surface area contributed by atoms with Gasteiger partial charge in [-0.3, -0.25) is 0 Å². The van der Waals surface area contributed by atoms with Crippen molar-refractivity contribution in [3.63, 3.8) is 0 Å². The number of nitrogen functional groups attached to an aromatic ring is 1. The van der Waals surface area contributed by atoms with Crippen LogP contribution in [-0.4, -0.2) is 46.1 Å². The van der Waals surface area contributed by atoms with Crippen molar-refractivity contribution in [2.45, 2.75) is 6.92 Å². The molecule has 0 unspecified atom stereocenters. The van der Waals surface area contributed by atoms with Crippen molar-refractivity contribution in [1.29, 1.82) is 0 Å². The highest BCUT2D eigenvalue weighted by Gasteiger charge is 2.18. The van der Waals surface area contributed by atoms with Crippen molar-refractivity contribution in [3.8, 4) is 5.75 Å². The Kier molecular flexibility index (Phi) is 7.89. The van der Waals surface area contributed by atoms with Crippen LogP contribution in [0.4, 0.5) is 5.69 Å². The summed E-state index contributed by atoms with van der Waals surface area (Å²) in [6, 6.07) is 3.00. The van der Waals surface area contributed by atoms with E-state index < -0.39 is 5.97 Å². The first-order valence-corrected chi connectivity index (χ1v) is 6.93. The van der Waals surface area contributed by atoms with Gasteiger partial charge in [0.15, 0.2) is 5.75 Å². The van der Waals surface area contributed by atoms with Crippen LogP contribution in [0.1, 0.15) is 17.3 Å². The third kappa shape index (κ3) is 5.79. The van der Waals surface area contributed by atoms with Gasteiger partial charge in [-0.25, -0.2) is 4.79 Å². The van der Waals surface area contributed by atoms with Crippen LogP contribution in [0.2, 0.25) is 5.02 Å². The summed E-state index contributed by atoms with van der Waals surface area (Å²) in [4.78, 5) is 11.9. The molecule has 0 aliphatic rings. The molecule has 0 saturated carbocycles. The van der Waals surface area contributed by atoms with Gasteiger partial charge in [0.25, 0.3) is 0 Å². The monoisotopic (exact) mass is 317 g/mol. The maximum absolute atomic E-state index is 11.9. The second-order valence-electron chi connectivity index (χ2n) is 4.05. The molecular formula is C14H20ClNO5. The van der Waals surface area contributed by atoms with Crippen molar-refractivity contribution in [3.05, 3.63) is 22.7 Å². The second-order valence-corrected chi connectivity index (χ2v) is 4.46. The minimum atomic E-state index is -0.526. The summed E-state index contributed by atoms with van der Waals surface area (Å²) in [5.74, 6) is -0.276. The number of anilines is 1. The first kappa shape index (κ1) is 17.6. The lowest BCUT2D eigenvalue weighted by atomic mass is 10.2. The van der Waals surface area contributed by atoms with E-state index in [4.69, 9.17) is 36.3 Å². The molecule has 0 spiro atoms.